The molecule has 0 saturated carbocycles. The molecule has 1 aliphatic heterocycles. The number of carbonyl (C=O) groups excluding carboxylic acids is 4. The Bertz CT molecular complexity index is 2770. The number of rotatable bonds is 22. The van der Waals surface area contributed by atoms with E-state index in [-0.39, 0.29) is 26.2 Å². The van der Waals surface area contributed by atoms with Crippen LogP contribution in [-0.4, -0.2) is 108 Å². The number of esters is 1. The van der Waals surface area contributed by atoms with Crippen molar-refractivity contribution in [1.29, 1.82) is 0 Å². The number of imidazole rings is 1. The Morgan fingerprint density at radius 2 is 1.52 bits per heavy atom. The number of aromatic nitrogens is 2. The van der Waals surface area contributed by atoms with Crippen molar-refractivity contribution in [3.63, 3.8) is 0 Å². The molecule has 4 atom stereocenters. The average molecular weight is 1030 g/mol. The van der Waals surface area contributed by atoms with E-state index in [1.165, 1.54) is 18.9 Å². The maximum atomic E-state index is 14.8. The summed E-state index contributed by atoms with van der Waals surface area (Å²) >= 11 is 12.8. The monoisotopic (exact) mass is 1030 g/mol. The summed E-state index contributed by atoms with van der Waals surface area (Å²) in [4.78, 5) is 65.5. The summed E-state index contributed by atoms with van der Waals surface area (Å²) in [5.41, 5.74) is 4.07. The summed E-state index contributed by atoms with van der Waals surface area (Å²) < 4.78 is 25.8. The number of methoxy groups -OCH3 is 1. The smallest absolute Gasteiger partial charge is 0.411 e. The second kappa shape index (κ2) is 25.8. The number of ether oxygens (including phenoxy) is 4. The van der Waals surface area contributed by atoms with Gasteiger partial charge in [0.25, 0.3) is 0 Å². The molecule has 0 aliphatic carbocycles. The molecule has 1 aromatic heterocycles. The third-order valence-electron chi connectivity index (χ3n) is 12.6. The van der Waals surface area contributed by atoms with Crippen molar-refractivity contribution in [3.05, 3.63) is 172 Å². The second-order valence-electron chi connectivity index (χ2n) is 18.6. The third kappa shape index (κ3) is 15.2. The Hall–Kier alpha value is -6.75. The minimum Gasteiger partial charge on any atom is -0.458 e. The van der Waals surface area contributed by atoms with Crippen molar-refractivity contribution in [1.82, 2.24) is 35.3 Å². The van der Waals surface area contributed by atoms with Gasteiger partial charge in [-0.15, -0.1) is 0 Å². The zero-order valence-electron chi connectivity index (χ0n) is 41.8. The number of benzene rings is 5. The van der Waals surface area contributed by atoms with Crippen LogP contribution in [0.4, 0.5) is 4.79 Å². The lowest BCUT2D eigenvalue weighted by molar-refractivity contribution is -0.155. The van der Waals surface area contributed by atoms with Crippen LogP contribution in [0.3, 0.4) is 0 Å². The highest BCUT2D eigenvalue weighted by molar-refractivity contribution is 6.31. The zero-order valence-corrected chi connectivity index (χ0v) is 43.3. The van der Waals surface area contributed by atoms with Gasteiger partial charge in [0.1, 0.15) is 36.0 Å². The van der Waals surface area contributed by atoms with Gasteiger partial charge in [-0.25, -0.2) is 14.6 Å². The van der Waals surface area contributed by atoms with Gasteiger partial charge in [0.15, 0.2) is 0 Å². The summed E-state index contributed by atoms with van der Waals surface area (Å²) in [6.07, 6.45) is 1.42. The molecule has 73 heavy (non-hydrogen) atoms. The highest BCUT2D eigenvalue weighted by Crippen LogP contribution is 2.32. The lowest BCUT2D eigenvalue weighted by Gasteiger charge is -2.40. The van der Waals surface area contributed by atoms with Gasteiger partial charge in [0, 0.05) is 48.3 Å². The van der Waals surface area contributed by atoms with Gasteiger partial charge in [0.2, 0.25) is 17.9 Å². The first-order valence-corrected chi connectivity index (χ1v) is 24.9. The minimum absolute atomic E-state index is 0.0155. The van der Waals surface area contributed by atoms with Gasteiger partial charge in [-0.1, -0.05) is 102 Å². The summed E-state index contributed by atoms with van der Waals surface area (Å²) in [6, 6.07) is 35.7. The quantitative estimate of drug-likeness (QED) is 0.0558. The summed E-state index contributed by atoms with van der Waals surface area (Å²) in [5.74, 6) is -0.245. The van der Waals surface area contributed by atoms with Crippen molar-refractivity contribution in [2.45, 2.75) is 76.0 Å². The first-order valence-electron chi connectivity index (χ1n) is 24.2. The summed E-state index contributed by atoms with van der Waals surface area (Å²) in [7, 11) is 7.39. The fourth-order valence-electron chi connectivity index (χ4n) is 8.67. The molecule has 1 aliphatic rings. The Morgan fingerprint density at radius 1 is 0.836 bits per heavy atom. The number of amides is 3. The fraction of sp³-hybridized carbons (Fsp3) is 0.339. The van der Waals surface area contributed by atoms with Crippen LogP contribution < -0.4 is 20.7 Å². The lowest BCUT2D eigenvalue weighted by Crippen LogP contribution is -2.63. The van der Waals surface area contributed by atoms with Crippen molar-refractivity contribution < 1.29 is 38.1 Å². The van der Waals surface area contributed by atoms with E-state index in [1.807, 2.05) is 141 Å². The molecule has 5 aromatic carbocycles. The van der Waals surface area contributed by atoms with Crippen LogP contribution in [-0.2, 0) is 68.2 Å². The van der Waals surface area contributed by atoms with E-state index in [1.54, 1.807) is 18.2 Å². The molecule has 3 N–H and O–H groups in total. The Labute approximate surface area is 437 Å². The number of nitrogens with one attached hydrogen (secondary N) is 3. The van der Waals surface area contributed by atoms with E-state index in [9.17, 15) is 19.2 Å². The molecule has 6 aromatic rings. The normalized spacial score (nSPS) is 15.7. The van der Waals surface area contributed by atoms with E-state index < -0.39 is 47.6 Å². The molecule has 3 amide bonds. The molecule has 15 nitrogen and oxygen atoms in total. The highest BCUT2D eigenvalue weighted by atomic mass is 35.5. The van der Waals surface area contributed by atoms with Crippen LogP contribution in [0.25, 0.3) is 11.3 Å². The molecule has 0 spiro atoms. The molecule has 384 valence electrons. The van der Waals surface area contributed by atoms with Crippen molar-refractivity contribution in [2.75, 3.05) is 40.9 Å². The summed E-state index contributed by atoms with van der Waals surface area (Å²) in [6.45, 7) is 3.02. The zero-order chi connectivity index (χ0) is 51.9. The highest BCUT2D eigenvalue weighted by Gasteiger charge is 2.38. The molecule has 2 heterocycles. The fourth-order valence-corrected chi connectivity index (χ4v) is 8.96. The Kier molecular flexibility index (Phi) is 19.1. The maximum Gasteiger partial charge on any atom is 0.411 e. The number of hydrogen-bond acceptors (Lipinski definition) is 11. The molecule has 17 heteroatoms. The maximum absolute atomic E-state index is 14.8. The van der Waals surface area contributed by atoms with Gasteiger partial charge < -0.3 is 44.4 Å². The van der Waals surface area contributed by atoms with Gasteiger partial charge >= 0.3 is 12.1 Å². The van der Waals surface area contributed by atoms with E-state index in [0.717, 1.165) is 41.2 Å². The van der Waals surface area contributed by atoms with Gasteiger partial charge in [-0.3, -0.25) is 14.5 Å². The van der Waals surface area contributed by atoms with E-state index in [2.05, 4.69) is 25.8 Å². The van der Waals surface area contributed by atoms with Gasteiger partial charge in [-0.05, 0) is 112 Å². The molecular weight excluding hydrogens is 970 g/mol. The van der Waals surface area contributed by atoms with Crippen molar-refractivity contribution in [3.8, 4) is 22.8 Å². The molecule has 0 radical (unpaired) electrons. The number of piperidine rings is 1. The average Bonchev–Trinajstić information content (AvgIpc) is 3.74. The first kappa shape index (κ1) is 54.0. The van der Waals surface area contributed by atoms with Crippen LogP contribution in [0, 0.1) is 0 Å². The number of nitrogens with zero attached hydrogens (tertiary/aromatic N) is 4. The molecule has 1 fully saturated rings. The van der Waals surface area contributed by atoms with E-state index >= 15 is 0 Å². The lowest BCUT2D eigenvalue weighted by atomic mass is 9.83. The third-order valence-corrected chi connectivity index (χ3v) is 13.1. The first-order chi connectivity index (χ1) is 35.2. The predicted molar refractivity (Wildman–Crippen MR) is 281 cm³/mol. The molecule has 7 rings (SSSR count). The largest absolute Gasteiger partial charge is 0.458 e. The standard InChI is InChI=1S/C56H63Cl2N7O8/c1-38(52(66)61-47(36-70-5)53(67)62-56(27-12-28-59-37-56)31-40-17-22-44(57)23-18-40)65(55(69)73-50(29-39-13-8-6-9-14-39)54(68)71-35-41-15-10-7-11-16-41)33-43-19-24-45(58)30-49(43)72-46-25-20-42(21-26-46)48-32-60-51(64(48)4)34-63(2)3/h6-11,13-26,30,32,38,47,50,59H,12,27-29,31,33-37H2,1-5H3,(H,61,66)(H,62,67)/t38-,47-,50-,56+/m0/s1. The minimum atomic E-state index is -1.41. The predicted octanol–water partition coefficient (Wildman–Crippen LogP) is 8.54. The van der Waals surface area contributed by atoms with Crippen LogP contribution in [0.2, 0.25) is 10.0 Å². The van der Waals surface area contributed by atoms with E-state index in [0.29, 0.717) is 58.6 Å². The molecule has 1 saturated heterocycles. The number of carbonyl (C=O) groups is 4. The molecule has 0 unspecified atom stereocenters. The Morgan fingerprint density at radius 3 is 2.18 bits per heavy atom. The van der Waals surface area contributed by atoms with Crippen LogP contribution in [0.1, 0.15) is 47.8 Å². The Balaban J connectivity index is 1.16. The second-order valence-corrected chi connectivity index (χ2v) is 19.4. The van der Waals surface area contributed by atoms with Crippen molar-refractivity contribution in [2.24, 2.45) is 7.05 Å². The van der Waals surface area contributed by atoms with Gasteiger partial charge in [0.05, 0.1) is 37.1 Å². The molecule has 0 bridgehead atoms. The van der Waals surface area contributed by atoms with Crippen LogP contribution >= 0.6 is 23.2 Å². The molecular formula is C56H63Cl2N7O8. The van der Waals surface area contributed by atoms with Crippen LogP contribution in [0.5, 0.6) is 11.5 Å². The van der Waals surface area contributed by atoms with Gasteiger partial charge in [-0.2, -0.15) is 0 Å². The number of hydrogen-bond donors (Lipinski definition) is 3. The number of halogens is 2. The topological polar surface area (TPSA) is 166 Å². The van der Waals surface area contributed by atoms with E-state index in [4.69, 9.17) is 42.1 Å². The van der Waals surface area contributed by atoms with Crippen molar-refractivity contribution >= 4 is 47.1 Å². The van der Waals surface area contributed by atoms with Crippen LogP contribution in [0.15, 0.2) is 134 Å². The summed E-state index contributed by atoms with van der Waals surface area (Å²) in [5, 5.41) is 10.5. The SMILES string of the molecule is COC[C@H](NC(=O)[C@H](C)N(Cc1ccc(Cl)cc1Oc1ccc(-c2cnc(CN(C)C)n2C)cc1)C(=O)O[C@@H](Cc1ccccc1)C(=O)OCc1ccccc1)C(=O)N[C@@]1(Cc2ccc(Cl)cc2)CCCNC1.